The van der Waals surface area contributed by atoms with Gasteiger partial charge in [0.05, 0.1) is 37.0 Å². The maximum Gasteiger partial charge on any atom is 0.255 e. The topological polar surface area (TPSA) is 83.6 Å². The highest BCUT2D eigenvalue weighted by Crippen LogP contribution is 2.25. The van der Waals surface area contributed by atoms with Gasteiger partial charge in [-0.1, -0.05) is 24.0 Å². The molecule has 1 aromatic heterocycles. The van der Waals surface area contributed by atoms with E-state index in [0.717, 1.165) is 12.1 Å². The maximum absolute atomic E-state index is 13.8. The SMILES string of the molecule is COc1ccccc1C#Cc1ccc(OC(C)C)c(C(=O)NC(CO)Cc2c[nH]c3cc(F)c(F)cc23)c1. The number of fused-ring (bicyclic) bond motifs is 1. The van der Waals surface area contributed by atoms with Gasteiger partial charge in [-0.3, -0.25) is 4.79 Å². The molecule has 3 aromatic carbocycles. The summed E-state index contributed by atoms with van der Waals surface area (Å²) in [7, 11) is 1.57. The first-order chi connectivity index (χ1) is 18.3. The van der Waals surface area contributed by atoms with Crippen molar-refractivity contribution in [1.29, 1.82) is 0 Å². The Labute approximate surface area is 219 Å². The first kappa shape index (κ1) is 26.7. The van der Waals surface area contributed by atoms with E-state index in [2.05, 4.69) is 22.1 Å². The van der Waals surface area contributed by atoms with Crippen molar-refractivity contribution in [2.24, 2.45) is 0 Å². The van der Waals surface area contributed by atoms with Crippen molar-refractivity contribution < 1.29 is 28.2 Å². The minimum Gasteiger partial charge on any atom is -0.495 e. The molecule has 0 bridgehead atoms. The molecule has 0 radical (unpaired) electrons. The highest BCUT2D eigenvalue weighted by atomic mass is 19.2. The highest BCUT2D eigenvalue weighted by Gasteiger charge is 2.20. The summed E-state index contributed by atoms with van der Waals surface area (Å²) in [6.07, 6.45) is 1.63. The van der Waals surface area contributed by atoms with Crippen LogP contribution in [0.3, 0.4) is 0 Å². The van der Waals surface area contributed by atoms with E-state index in [9.17, 15) is 18.7 Å². The van der Waals surface area contributed by atoms with E-state index in [1.807, 2.05) is 38.1 Å². The standard InChI is InChI=1S/C30H28F2N2O4/c1-18(2)38-29-11-9-19(8-10-20-6-4-5-7-28(20)37-3)12-24(29)30(36)34-22(17-35)13-21-16-33-27-15-26(32)25(31)14-23(21)27/h4-7,9,11-12,14-16,18,22,33,35H,13,17H2,1-3H3,(H,34,36). The van der Waals surface area contributed by atoms with Crippen LogP contribution in [-0.4, -0.2) is 41.9 Å². The average molecular weight is 519 g/mol. The molecule has 1 heterocycles. The molecule has 1 atom stereocenters. The van der Waals surface area contributed by atoms with Crippen molar-refractivity contribution in [3.8, 4) is 23.3 Å². The lowest BCUT2D eigenvalue weighted by molar-refractivity contribution is 0.0910. The molecule has 4 rings (SSSR count). The molecule has 0 aliphatic heterocycles. The van der Waals surface area contributed by atoms with Crippen LogP contribution in [0.5, 0.6) is 11.5 Å². The number of carbonyl (C=O) groups is 1. The monoisotopic (exact) mass is 518 g/mol. The van der Waals surface area contributed by atoms with Crippen LogP contribution in [0.2, 0.25) is 0 Å². The van der Waals surface area contributed by atoms with Crippen LogP contribution in [-0.2, 0) is 6.42 Å². The molecular weight excluding hydrogens is 490 g/mol. The van der Waals surface area contributed by atoms with Crippen LogP contribution in [0.25, 0.3) is 10.9 Å². The van der Waals surface area contributed by atoms with E-state index >= 15 is 0 Å². The fourth-order valence-electron chi connectivity index (χ4n) is 4.06. The molecule has 6 nitrogen and oxygen atoms in total. The van der Waals surface area contributed by atoms with Crippen LogP contribution in [0.15, 0.2) is 60.8 Å². The number of aliphatic hydroxyl groups excluding tert-OH is 1. The number of carbonyl (C=O) groups excluding carboxylic acids is 1. The van der Waals surface area contributed by atoms with Gasteiger partial charge >= 0.3 is 0 Å². The molecule has 1 unspecified atom stereocenters. The van der Waals surface area contributed by atoms with E-state index < -0.39 is 23.6 Å². The van der Waals surface area contributed by atoms with Crippen molar-refractivity contribution >= 4 is 16.8 Å². The van der Waals surface area contributed by atoms with Gasteiger partial charge in [-0.25, -0.2) is 8.78 Å². The first-order valence-corrected chi connectivity index (χ1v) is 12.1. The van der Waals surface area contributed by atoms with Gasteiger partial charge in [-0.2, -0.15) is 0 Å². The number of H-pyrrole nitrogens is 1. The molecule has 8 heteroatoms. The van der Waals surface area contributed by atoms with E-state index in [-0.39, 0.29) is 24.7 Å². The quantitative estimate of drug-likeness (QED) is 0.288. The molecule has 0 spiro atoms. The average Bonchev–Trinajstić information content (AvgIpc) is 3.28. The number of halogens is 2. The third-order valence-corrected chi connectivity index (χ3v) is 5.87. The van der Waals surface area contributed by atoms with E-state index in [0.29, 0.717) is 39.1 Å². The molecule has 1 amide bonds. The van der Waals surface area contributed by atoms with E-state index in [1.165, 1.54) is 0 Å². The van der Waals surface area contributed by atoms with Crippen molar-refractivity contribution in [1.82, 2.24) is 10.3 Å². The van der Waals surface area contributed by atoms with Gasteiger partial charge < -0.3 is 24.9 Å². The predicted molar refractivity (Wildman–Crippen MR) is 141 cm³/mol. The zero-order valence-corrected chi connectivity index (χ0v) is 21.3. The number of ether oxygens (including phenoxy) is 2. The fourth-order valence-corrected chi connectivity index (χ4v) is 4.06. The minimum atomic E-state index is -0.968. The number of aliphatic hydroxyl groups is 1. The van der Waals surface area contributed by atoms with Crippen molar-refractivity contribution in [2.75, 3.05) is 13.7 Å². The molecule has 196 valence electrons. The summed E-state index contributed by atoms with van der Waals surface area (Å²) in [6.45, 7) is 3.34. The Balaban J connectivity index is 1.60. The lowest BCUT2D eigenvalue weighted by Crippen LogP contribution is -2.39. The molecule has 0 aliphatic rings. The number of aromatic nitrogens is 1. The molecule has 38 heavy (non-hydrogen) atoms. The van der Waals surface area contributed by atoms with Crippen molar-refractivity contribution in [3.63, 3.8) is 0 Å². The number of aromatic amines is 1. The van der Waals surface area contributed by atoms with Gasteiger partial charge in [0.25, 0.3) is 5.91 Å². The summed E-state index contributed by atoms with van der Waals surface area (Å²) in [4.78, 5) is 16.2. The summed E-state index contributed by atoms with van der Waals surface area (Å²) in [5.41, 5.74) is 2.62. The Kier molecular flexibility index (Phi) is 8.29. The van der Waals surface area contributed by atoms with Gasteiger partial charge in [0.1, 0.15) is 11.5 Å². The summed E-state index contributed by atoms with van der Waals surface area (Å²) < 4.78 is 38.6. The first-order valence-electron chi connectivity index (χ1n) is 12.1. The smallest absolute Gasteiger partial charge is 0.255 e. The number of methoxy groups -OCH3 is 1. The summed E-state index contributed by atoms with van der Waals surface area (Å²) in [6, 6.07) is 13.9. The second kappa shape index (κ2) is 11.8. The summed E-state index contributed by atoms with van der Waals surface area (Å²) in [5.74, 6) is 4.76. The Hall–Kier alpha value is -4.35. The fraction of sp³-hybridized carbons (Fsp3) is 0.233. The molecule has 0 fully saturated rings. The van der Waals surface area contributed by atoms with Gasteiger partial charge in [0.15, 0.2) is 11.6 Å². The predicted octanol–water partition coefficient (Wildman–Crippen LogP) is 4.98. The molecule has 3 N–H and O–H groups in total. The third kappa shape index (κ3) is 6.13. The number of hydrogen-bond acceptors (Lipinski definition) is 4. The third-order valence-electron chi connectivity index (χ3n) is 5.87. The Morgan fingerprint density at radius 2 is 1.82 bits per heavy atom. The lowest BCUT2D eigenvalue weighted by atomic mass is 10.0. The van der Waals surface area contributed by atoms with Crippen LogP contribution in [0.1, 0.15) is 40.9 Å². The second-order valence-electron chi connectivity index (χ2n) is 9.01. The molecule has 0 aliphatic carbocycles. The van der Waals surface area contributed by atoms with Crippen LogP contribution < -0.4 is 14.8 Å². The number of benzene rings is 3. The molecule has 4 aromatic rings. The van der Waals surface area contributed by atoms with Crippen LogP contribution in [0, 0.1) is 23.5 Å². The van der Waals surface area contributed by atoms with Crippen LogP contribution >= 0.6 is 0 Å². The number of amides is 1. The number of rotatable bonds is 8. The maximum atomic E-state index is 13.8. The second-order valence-corrected chi connectivity index (χ2v) is 9.01. The highest BCUT2D eigenvalue weighted by molar-refractivity contribution is 5.97. The lowest BCUT2D eigenvalue weighted by Gasteiger charge is -2.19. The zero-order valence-electron chi connectivity index (χ0n) is 21.3. The van der Waals surface area contributed by atoms with Crippen LogP contribution in [0.4, 0.5) is 8.78 Å². The largest absolute Gasteiger partial charge is 0.495 e. The Bertz CT molecular complexity index is 1520. The van der Waals surface area contributed by atoms with Crippen molar-refractivity contribution in [3.05, 3.63) is 94.7 Å². The Morgan fingerprint density at radius 1 is 1.05 bits per heavy atom. The minimum absolute atomic E-state index is 0.179. The van der Waals surface area contributed by atoms with Gasteiger partial charge in [-0.15, -0.1) is 0 Å². The normalized spacial score (nSPS) is 11.7. The van der Waals surface area contributed by atoms with Gasteiger partial charge in [-0.05, 0) is 62.2 Å². The number of nitrogens with one attached hydrogen (secondary N) is 2. The van der Waals surface area contributed by atoms with E-state index in [1.54, 1.807) is 31.5 Å². The molecular formula is C30H28F2N2O4. The zero-order chi connectivity index (χ0) is 27.2. The summed E-state index contributed by atoms with van der Waals surface area (Å²) >= 11 is 0. The Morgan fingerprint density at radius 3 is 2.55 bits per heavy atom. The van der Waals surface area contributed by atoms with Gasteiger partial charge in [0, 0.05) is 28.7 Å². The van der Waals surface area contributed by atoms with Crippen molar-refractivity contribution in [2.45, 2.75) is 32.4 Å². The van der Waals surface area contributed by atoms with E-state index in [4.69, 9.17) is 9.47 Å². The van der Waals surface area contributed by atoms with Gasteiger partial charge in [0.2, 0.25) is 0 Å². The molecule has 0 saturated heterocycles. The molecule has 0 saturated carbocycles. The number of hydrogen-bond donors (Lipinski definition) is 3. The number of para-hydroxylation sites is 1. The summed E-state index contributed by atoms with van der Waals surface area (Å²) in [5, 5.41) is 13.3.